The van der Waals surface area contributed by atoms with Crippen molar-refractivity contribution in [3.8, 4) is 0 Å². The highest BCUT2D eigenvalue weighted by Crippen LogP contribution is 2.10. The van der Waals surface area contributed by atoms with Crippen molar-refractivity contribution in [2.45, 2.75) is 6.54 Å². The lowest BCUT2D eigenvalue weighted by Crippen LogP contribution is -2.13. The van der Waals surface area contributed by atoms with Crippen molar-refractivity contribution in [3.05, 3.63) is 63.9 Å². The number of nitrogens with zero attached hydrogens (tertiary/aromatic N) is 4. The van der Waals surface area contributed by atoms with Gasteiger partial charge in [-0.2, -0.15) is 5.10 Å². The Kier molecular flexibility index (Phi) is 2.97. The van der Waals surface area contributed by atoms with Crippen molar-refractivity contribution in [2.75, 3.05) is 0 Å². The monoisotopic (exact) mass is 272 g/mol. The fourth-order valence-corrected chi connectivity index (χ4v) is 1.96. The zero-order valence-electron chi connectivity index (χ0n) is 9.82. The minimum absolute atomic E-state index is 0.0889. The summed E-state index contributed by atoms with van der Waals surface area (Å²) in [6.45, 7) is 0.435. The molecule has 94 valence electrons. The van der Waals surface area contributed by atoms with E-state index in [2.05, 4.69) is 15.1 Å². The van der Waals surface area contributed by atoms with E-state index < -0.39 is 0 Å². The average molecular weight is 273 g/mol. The van der Waals surface area contributed by atoms with Gasteiger partial charge in [-0.3, -0.25) is 14.5 Å². The van der Waals surface area contributed by atoms with Crippen molar-refractivity contribution in [1.82, 2.24) is 19.7 Å². The van der Waals surface area contributed by atoms with Crippen molar-refractivity contribution >= 4 is 22.5 Å². The van der Waals surface area contributed by atoms with Gasteiger partial charge in [0.05, 0.1) is 36.3 Å². The Hall–Kier alpha value is -2.27. The molecule has 0 bridgehead atoms. The summed E-state index contributed by atoms with van der Waals surface area (Å²) in [5.74, 6) is 0. The molecule has 0 radical (unpaired) electrons. The van der Waals surface area contributed by atoms with Crippen molar-refractivity contribution in [2.24, 2.45) is 0 Å². The Morgan fingerprint density at radius 3 is 2.74 bits per heavy atom. The van der Waals surface area contributed by atoms with Crippen LogP contribution in [0.15, 0.2) is 47.7 Å². The molecule has 19 heavy (non-hydrogen) atoms. The molecule has 0 unspecified atom stereocenters. The van der Waals surface area contributed by atoms with E-state index in [9.17, 15) is 4.79 Å². The fourth-order valence-electron chi connectivity index (χ4n) is 1.86. The topological polar surface area (TPSA) is 60.7 Å². The van der Waals surface area contributed by atoms with Crippen LogP contribution in [0.1, 0.15) is 5.69 Å². The van der Waals surface area contributed by atoms with Crippen LogP contribution in [0.2, 0.25) is 5.15 Å². The molecule has 0 saturated carbocycles. The van der Waals surface area contributed by atoms with Gasteiger partial charge in [-0.1, -0.05) is 23.7 Å². The van der Waals surface area contributed by atoms with Gasteiger partial charge < -0.3 is 0 Å². The maximum absolute atomic E-state index is 11.7. The van der Waals surface area contributed by atoms with E-state index in [-0.39, 0.29) is 5.43 Å². The number of rotatable bonds is 2. The SMILES string of the molecule is O=c1cnn(Cc2cnc(Cl)cn2)c2ccccc12. The Labute approximate surface area is 113 Å². The first-order valence-electron chi connectivity index (χ1n) is 5.65. The maximum Gasteiger partial charge on any atom is 0.207 e. The summed E-state index contributed by atoms with van der Waals surface area (Å²) in [4.78, 5) is 19.8. The molecule has 2 heterocycles. The van der Waals surface area contributed by atoms with Crippen molar-refractivity contribution in [3.63, 3.8) is 0 Å². The van der Waals surface area contributed by atoms with Gasteiger partial charge >= 0.3 is 0 Å². The third kappa shape index (κ3) is 2.32. The summed E-state index contributed by atoms with van der Waals surface area (Å²) in [7, 11) is 0. The van der Waals surface area contributed by atoms with Gasteiger partial charge in [0.15, 0.2) is 0 Å². The molecule has 0 amide bonds. The van der Waals surface area contributed by atoms with E-state index >= 15 is 0 Å². The molecule has 0 atom stereocenters. The minimum atomic E-state index is -0.0889. The Morgan fingerprint density at radius 1 is 1.11 bits per heavy atom. The van der Waals surface area contributed by atoms with Gasteiger partial charge in [0.1, 0.15) is 5.15 Å². The van der Waals surface area contributed by atoms with Crippen LogP contribution in [0.3, 0.4) is 0 Å². The van der Waals surface area contributed by atoms with Crippen LogP contribution in [0, 0.1) is 0 Å². The number of hydrogen-bond donors (Lipinski definition) is 0. The number of halogens is 1. The quantitative estimate of drug-likeness (QED) is 0.715. The van der Waals surface area contributed by atoms with Crippen LogP contribution in [0.4, 0.5) is 0 Å². The normalized spacial score (nSPS) is 10.8. The predicted molar refractivity (Wildman–Crippen MR) is 72.1 cm³/mol. The van der Waals surface area contributed by atoms with E-state index in [1.54, 1.807) is 16.9 Å². The molecule has 0 aliphatic heterocycles. The zero-order valence-corrected chi connectivity index (χ0v) is 10.6. The summed E-state index contributed by atoms with van der Waals surface area (Å²) in [6.07, 6.45) is 4.39. The smallest absolute Gasteiger partial charge is 0.207 e. The van der Waals surface area contributed by atoms with Gasteiger partial charge in [-0.05, 0) is 12.1 Å². The van der Waals surface area contributed by atoms with E-state index in [0.29, 0.717) is 17.1 Å². The molecule has 3 rings (SSSR count). The fraction of sp³-hybridized carbons (Fsp3) is 0.0769. The summed E-state index contributed by atoms with van der Waals surface area (Å²) in [5, 5.41) is 5.11. The molecule has 1 aromatic carbocycles. The molecule has 0 saturated heterocycles. The summed E-state index contributed by atoms with van der Waals surface area (Å²) < 4.78 is 1.72. The zero-order chi connectivity index (χ0) is 13.2. The van der Waals surface area contributed by atoms with Gasteiger partial charge in [0.2, 0.25) is 5.43 Å². The lowest BCUT2D eigenvalue weighted by molar-refractivity contribution is 0.678. The number of benzene rings is 1. The standard InChI is InChI=1S/C13H9ClN4O/c14-13-7-15-9(5-16-13)8-18-11-4-2-1-3-10(11)12(19)6-17-18/h1-7H,8H2. The number of para-hydroxylation sites is 1. The summed E-state index contributed by atoms with van der Waals surface area (Å²) >= 11 is 5.69. The van der Waals surface area contributed by atoms with E-state index in [0.717, 1.165) is 11.2 Å². The van der Waals surface area contributed by atoms with Crippen LogP contribution in [0.5, 0.6) is 0 Å². The van der Waals surface area contributed by atoms with Gasteiger partial charge in [-0.15, -0.1) is 0 Å². The molecule has 2 aromatic heterocycles. The largest absolute Gasteiger partial charge is 0.287 e. The molecule has 6 heteroatoms. The third-order valence-electron chi connectivity index (χ3n) is 2.75. The van der Waals surface area contributed by atoms with Crippen molar-refractivity contribution < 1.29 is 0 Å². The van der Waals surface area contributed by atoms with Crippen molar-refractivity contribution in [1.29, 1.82) is 0 Å². The molecule has 0 aliphatic rings. The number of hydrogen-bond acceptors (Lipinski definition) is 4. The Morgan fingerprint density at radius 2 is 1.95 bits per heavy atom. The highest BCUT2D eigenvalue weighted by molar-refractivity contribution is 6.29. The second-order valence-corrected chi connectivity index (χ2v) is 4.40. The summed E-state index contributed by atoms with van der Waals surface area (Å²) in [6, 6.07) is 7.33. The van der Waals surface area contributed by atoms with Crippen LogP contribution >= 0.6 is 11.6 Å². The van der Waals surface area contributed by atoms with Gasteiger partial charge in [0.25, 0.3) is 0 Å². The first-order chi connectivity index (χ1) is 9.24. The second-order valence-electron chi connectivity index (χ2n) is 4.01. The van der Waals surface area contributed by atoms with Gasteiger partial charge in [0, 0.05) is 5.39 Å². The van der Waals surface area contributed by atoms with Crippen LogP contribution in [-0.2, 0) is 6.54 Å². The molecule has 5 nitrogen and oxygen atoms in total. The molecule has 0 aliphatic carbocycles. The Balaban J connectivity index is 2.08. The third-order valence-corrected chi connectivity index (χ3v) is 2.94. The first-order valence-corrected chi connectivity index (χ1v) is 6.03. The molecule has 0 fully saturated rings. The minimum Gasteiger partial charge on any atom is -0.287 e. The number of fused-ring (bicyclic) bond motifs is 1. The van der Waals surface area contributed by atoms with Crippen LogP contribution in [0.25, 0.3) is 10.9 Å². The molecular weight excluding hydrogens is 264 g/mol. The van der Waals surface area contributed by atoms with E-state index in [1.807, 2.05) is 18.2 Å². The molecule has 0 N–H and O–H groups in total. The maximum atomic E-state index is 11.7. The molecular formula is C13H9ClN4O. The van der Waals surface area contributed by atoms with Crippen LogP contribution < -0.4 is 5.43 Å². The van der Waals surface area contributed by atoms with E-state index in [1.165, 1.54) is 12.4 Å². The second kappa shape index (κ2) is 4.78. The number of aromatic nitrogens is 4. The van der Waals surface area contributed by atoms with Crippen LogP contribution in [-0.4, -0.2) is 19.7 Å². The predicted octanol–water partition coefficient (Wildman–Crippen LogP) is 1.89. The first kappa shape index (κ1) is 11.8. The highest BCUT2D eigenvalue weighted by Gasteiger charge is 2.04. The molecule has 0 spiro atoms. The lowest BCUT2D eigenvalue weighted by Gasteiger charge is -2.08. The highest BCUT2D eigenvalue weighted by atomic mass is 35.5. The molecule has 3 aromatic rings. The lowest BCUT2D eigenvalue weighted by atomic mass is 10.2. The Bertz CT molecular complexity index is 783. The van der Waals surface area contributed by atoms with Gasteiger partial charge in [-0.25, -0.2) is 4.98 Å². The average Bonchev–Trinajstić information content (AvgIpc) is 2.45. The van der Waals surface area contributed by atoms with E-state index in [4.69, 9.17) is 11.6 Å². The summed E-state index contributed by atoms with van der Waals surface area (Å²) in [5.41, 5.74) is 1.41.